The minimum Gasteiger partial charge on any atom is -1.00 e. The average molecular weight is 197 g/mol. The predicted octanol–water partition coefficient (Wildman–Crippen LogP) is -2.23. The van der Waals surface area contributed by atoms with Crippen LogP contribution in [0.4, 0.5) is 0 Å². The molecule has 1 aromatic carbocycles. The van der Waals surface area contributed by atoms with Crippen molar-refractivity contribution in [2.45, 2.75) is 0 Å². The van der Waals surface area contributed by atoms with Gasteiger partial charge in [-0.25, -0.2) is 4.57 Å². The van der Waals surface area contributed by atoms with Crippen molar-refractivity contribution in [3.05, 3.63) is 30.7 Å². The Morgan fingerprint density at radius 1 is 1.38 bits per heavy atom. The van der Waals surface area contributed by atoms with Gasteiger partial charge in [-0.1, -0.05) is 6.07 Å². The lowest BCUT2D eigenvalue weighted by molar-refractivity contribution is -0.673. The summed E-state index contributed by atoms with van der Waals surface area (Å²) in [6.07, 6.45) is 3.59. The lowest BCUT2D eigenvalue weighted by Gasteiger charge is -1.94. The zero-order valence-electron chi connectivity index (χ0n) is 7.11. The number of phenols is 1. The van der Waals surface area contributed by atoms with E-state index in [9.17, 15) is 5.11 Å². The summed E-state index contributed by atoms with van der Waals surface area (Å²) < 4.78 is 1.85. The van der Waals surface area contributed by atoms with Crippen molar-refractivity contribution < 1.29 is 22.1 Å². The van der Waals surface area contributed by atoms with Crippen molar-refractivity contribution in [3.63, 3.8) is 0 Å². The molecular formula is C9H9ClN2O. The number of rotatable bonds is 0. The average Bonchev–Trinajstić information content (AvgIpc) is 2.04. The molecule has 13 heavy (non-hydrogen) atoms. The summed E-state index contributed by atoms with van der Waals surface area (Å²) in [5.41, 5.74) is 0.649. The van der Waals surface area contributed by atoms with Crippen LogP contribution in [0.3, 0.4) is 0 Å². The van der Waals surface area contributed by atoms with Crippen LogP contribution in [0.2, 0.25) is 0 Å². The Balaban J connectivity index is 0.000000845. The summed E-state index contributed by atoms with van der Waals surface area (Å²) in [6, 6.07) is 5.36. The Hall–Kier alpha value is -1.35. The minimum atomic E-state index is 0. The highest BCUT2D eigenvalue weighted by Gasteiger charge is 2.05. The third-order valence-electron chi connectivity index (χ3n) is 1.76. The molecule has 0 atom stereocenters. The lowest BCUT2D eigenvalue weighted by atomic mass is 10.2. The molecule has 0 fully saturated rings. The first-order valence-electron chi connectivity index (χ1n) is 3.70. The van der Waals surface area contributed by atoms with E-state index in [0.29, 0.717) is 5.52 Å². The van der Waals surface area contributed by atoms with Crippen molar-refractivity contribution in [1.29, 1.82) is 0 Å². The number of phenolic OH excluding ortho intramolecular Hbond substituents is 1. The molecule has 0 saturated heterocycles. The maximum absolute atomic E-state index is 9.39. The number of para-hydroxylation sites is 1. The van der Waals surface area contributed by atoms with E-state index >= 15 is 0 Å². The molecule has 0 bridgehead atoms. The van der Waals surface area contributed by atoms with Crippen molar-refractivity contribution in [1.82, 2.24) is 4.98 Å². The summed E-state index contributed by atoms with van der Waals surface area (Å²) >= 11 is 0. The molecule has 0 radical (unpaired) electrons. The van der Waals surface area contributed by atoms with Gasteiger partial charge in [-0.15, -0.1) is 0 Å². The highest BCUT2D eigenvalue weighted by atomic mass is 35.5. The molecule has 0 aliphatic carbocycles. The Morgan fingerprint density at radius 2 is 2.15 bits per heavy atom. The van der Waals surface area contributed by atoms with Crippen LogP contribution in [0, 0.1) is 0 Å². The quantitative estimate of drug-likeness (QED) is 0.485. The normalized spacial score (nSPS) is 9.62. The Morgan fingerprint density at radius 3 is 2.92 bits per heavy atom. The van der Waals surface area contributed by atoms with Crippen molar-refractivity contribution >= 4 is 10.9 Å². The molecule has 0 aliphatic rings. The van der Waals surface area contributed by atoms with Gasteiger partial charge in [-0.2, -0.15) is 0 Å². The molecule has 1 heterocycles. The van der Waals surface area contributed by atoms with Crippen LogP contribution >= 0.6 is 0 Å². The molecule has 2 rings (SSSR count). The molecule has 0 aliphatic heterocycles. The van der Waals surface area contributed by atoms with E-state index in [1.165, 1.54) is 0 Å². The number of nitrogens with zero attached hydrogens (tertiary/aromatic N) is 2. The van der Waals surface area contributed by atoms with Gasteiger partial charge in [0.15, 0.2) is 5.75 Å². The molecule has 0 saturated carbocycles. The van der Waals surface area contributed by atoms with Crippen molar-refractivity contribution in [3.8, 4) is 5.75 Å². The number of aryl methyl sites for hydroxylation is 1. The second-order valence-corrected chi connectivity index (χ2v) is 2.75. The predicted molar refractivity (Wildman–Crippen MR) is 44.6 cm³/mol. The third kappa shape index (κ3) is 1.70. The number of aromatic nitrogens is 2. The number of aromatic hydroxyl groups is 1. The van der Waals surface area contributed by atoms with Crippen LogP contribution in [0.15, 0.2) is 30.7 Å². The first-order chi connectivity index (χ1) is 5.77. The van der Waals surface area contributed by atoms with E-state index in [1.54, 1.807) is 18.5 Å². The number of halogens is 1. The Labute approximate surface area is 82.1 Å². The second-order valence-electron chi connectivity index (χ2n) is 2.75. The second kappa shape index (κ2) is 3.58. The third-order valence-corrected chi connectivity index (χ3v) is 1.76. The summed E-state index contributed by atoms with van der Waals surface area (Å²) in [6.45, 7) is 0. The zero-order valence-corrected chi connectivity index (χ0v) is 7.86. The fraction of sp³-hybridized carbons (Fsp3) is 0.111. The van der Waals surface area contributed by atoms with Crippen molar-refractivity contribution in [2.24, 2.45) is 7.05 Å². The fourth-order valence-electron chi connectivity index (χ4n) is 1.20. The van der Waals surface area contributed by atoms with E-state index < -0.39 is 0 Å². The van der Waals surface area contributed by atoms with Gasteiger partial charge in [-0.05, 0) is 17.1 Å². The molecular weight excluding hydrogens is 188 g/mol. The topological polar surface area (TPSA) is 37.0 Å². The molecule has 0 unspecified atom stereocenters. The number of fused-ring (bicyclic) bond motifs is 1. The van der Waals surface area contributed by atoms with Gasteiger partial charge in [-0.3, -0.25) is 0 Å². The van der Waals surface area contributed by atoms with Gasteiger partial charge < -0.3 is 17.5 Å². The number of hydrogen-bond acceptors (Lipinski definition) is 2. The van der Waals surface area contributed by atoms with Gasteiger partial charge >= 0.3 is 0 Å². The molecule has 4 heteroatoms. The zero-order chi connectivity index (χ0) is 8.55. The molecule has 68 valence electrons. The van der Waals surface area contributed by atoms with E-state index in [2.05, 4.69) is 4.98 Å². The minimum absolute atomic E-state index is 0. The molecule has 0 spiro atoms. The molecule has 0 amide bonds. The highest BCUT2D eigenvalue weighted by molar-refractivity contribution is 5.82. The van der Waals surface area contributed by atoms with E-state index in [4.69, 9.17) is 0 Å². The van der Waals surface area contributed by atoms with E-state index in [0.717, 1.165) is 5.39 Å². The van der Waals surface area contributed by atoms with E-state index in [1.807, 2.05) is 23.9 Å². The van der Waals surface area contributed by atoms with Crippen LogP contribution in [-0.4, -0.2) is 10.1 Å². The van der Waals surface area contributed by atoms with Crippen LogP contribution in [-0.2, 0) is 7.05 Å². The molecule has 1 aromatic heterocycles. The Kier molecular flexibility index (Phi) is 2.68. The van der Waals surface area contributed by atoms with Crippen molar-refractivity contribution in [2.75, 3.05) is 0 Å². The van der Waals surface area contributed by atoms with Gasteiger partial charge in [0.25, 0.3) is 6.33 Å². The summed E-state index contributed by atoms with van der Waals surface area (Å²) in [7, 11) is 1.90. The van der Waals surface area contributed by atoms with Gasteiger partial charge in [0.1, 0.15) is 6.20 Å². The highest BCUT2D eigenvalue weighted by Crippen LogP contribution is 2.19. The fourth-order valence-corrected chi connectivity index (χ4v) is 1.20. The maximum atomic E-state index is 9.39. The lowest BCUT2D eigenvalue weighted by Crippen LogP contribution is -3.00. The van der Waals surface area contributed by atoms with Crippen LogP contribution in [0.5, 0.6) is 5.75 Å². The first kappa shape index (κ1) is 9.74. The summed E-state index contributed by atoms with van der Waals surface area (Å²) in [5, 5.41) is 10.3. The number of benzene rings is 1. The van der Waals surface area contributed by atoms with Gasteiger partial charge in [0, 0.05) is 0 Å². The SMILES string of the molecule is C[n+]1cnc2c(O)cccc2c1.[Cl-]. The van der Waals surface area contributed by atoms with E-state index in [-0.39, 0.29) is 18.2 Å². The smallest absolute Gasteiger partial charge is 0.286 e. The largest absolute Gasteiger partial charge is 1.00 e. The maximum Gasteiger partial charge on any atom is 0.286 e. The molecule has 3 nitrogen and oxygen atoms in total. The first-order valence-corrected chi connectivity index (χ1v) is 3.70. The van der Waals surface area contributed by atoms with Crippen LogP contribution in [0.25, 0.3) is 10.9 Å². The summed E-state index contributed by atoms with van der Waals surface area (Å²) in [4.78, 5) is 4.09. The molecule has 1 N–H and O–H groups in total. The Bertz CT molecular complexity index is 431. The number of hydrogen-bond donors (Lipinski definition) is 1. The van der Waals surface area contributed by atoms with Crippen LogP contribution in [0.1, 0.15) is 0 Å². The van der Waals surface area contributed by atoms with Crippen LogP contribution < -0.4 is 17.0 Å². The molecule has 2 aromatic rings. The standard InChI is InChI=1S/C9H8N2O.ClH/c1-11-5-7-3-2-4-8(12)9(7)10-6-11;/h2-6H,1H3;1H. The van der Waals surface area contributed by atoms with Gasteiger partial charge in [0.2, 0.25) is 5.52 Å². The van der Waals surface area contributed by atoms with Gasteiger partial charge in [0.05, 0.1) is 12.4 Å². The summed E-state index contributed by atoms with van der Waals surface area (Å²) in [5.74, 6) is 0.230. The monoisotopic (exact) mass is 196 g/mol.